The molecule has 0 atom stereocenters. The Morgan fingerprint density at radius 2 is 2.02 bits per heavy atom. The minimum Gasteiger partial charge on any atom is -0.473 e. The lowest BCUT2D eigenvalue weighted by atomic mass is 10.0. The molecule has 0 aliphatic carbocycles. The molecule has 12 heteroatoms. The van der Waals surface area contributed by atoms with Gasteiger partial charge in [0.25, 0.3) is 0 Å². The fraction of sp³-hybridized carbons (Fsp3) is 0.394. The van der Waals surface area contributed by atoms with Crippen LogP contribution in [0.15, 0.2) is 48.5 Å². The Morgan fingerprint density at radius 1 is 1.18 bits per heavy atom. The molecule has 0 fully saturated rings. The van der Waals surface area contributed by atoms with Crippen molar-refractivity contribution in [3.8, 4) is 11.9 Å². The van der Waals surface area contributed by atoms with Crippen molar-refractivity contribution in [3.63, 3.8) is 0 Å². The van der Waals surface area contributed by atoms with E-state index in [1.165, 1.54) is 17.4 Å². The first kappa shape index (κ1) is 32.5. The fourth-order valence-electron chi connectivity index (χ4n) is 4.91. The number of nitriles is 1. The summed E-state index contributed by atoms with van der Waals surface area (Å²) >= 11 is 1.35. The van der Waals surface area contributed by atoms with Crippen molar-refractivity contribution < 1.29 is 23.4 Å². The van der Waals surface area contributed by atoms with Crippen LogP contribution in [0.1, 0.15) is 45.7 Å². The highest BCUT2D eigenvalue weighted by molar-refractivity contribution is 7.20. The van der Waals surface area contributed by atoms with E-state index in [9.17, 15) is 9.18 Å². The summed E-state index contributed by atoms with van der Waals surface area (Å²) in [6.45, 7) is 12.4. The van der Waals surface area contributed by atoms with Gasteiger partial charge >= 0.3 is 5.97 Å². The lowest BCUT2D eigenvalue weighted by Gasteiger charge is -2.26. The van der Waals surface area contributed by atoms with Crippen molar-refractivity contribution in [1.29, 1.82) is 5.26 Å². The van der Waals surface area contributed by atoms with E-state index in [1.807, 2.05) is 24.3 Å². The highest BCUT2D eigenvalue weighted by Gasteiger charge is 2.22. The lowest BCUT2D eigenvalue weighted by molar-refractivity contribution is 0.0532. The third-order valence-corrected chi connectivity index (χ3v) is 10.2. The molecule has 4 aromatic rings. The first-order valence-electron chi connectivity index (χ1n) is 15.1. The van der Waals surface area contributed by atoms with E-state index in [0.29, 0.717) is 42.8 Å². The molecule has 45 heavy (non-hydrogen) atoms. The van der Waals surface area contributed by atoms with E-state index < -0.39 is 13.9 Å². The molecule has 0 radical (unpaired) electrons. The molecule has 0 saturated carbocycles. The van der Waals surface area contributed by atoms with Crippen LogP contribution in [-0.4, -0.2) is 59.8 Å². The zero-order chi connectivity index (χ0) is 32.0. The van der Waals surface area contributed by atoms with Gasteiger partial charge in [0.05, 0.1) is 36.0 Å². The molecule has 1 aromatic carbocycles. The molecular weight excluding hydrogens is 610 g/mol. The minimum atomic E-state index is -1.23. The van der Waals surface area contributed by atoms with E-state index in [4.69, 9.17) is 24.5 Å². The smallest absolute Gasteiger partial charge is 0.348 e. The van der Waals surface area contributed by atoms with E-state index in [2.05, 4.69) is 40.2 Å². The third kappa shape index (κ3) is 8.43. The number of imidazole rings is 1. The van der Waals surface area contributed by atoms with Gasteiger partial charge in [0.15, 0.2) is 0 Å². The van der Waals surface area contributed by atoms with E-state index in [0.717, 1.165) is 53.0 Å². The fourth-order valence-corrected chi connectivity index (χ4v) is 6.61. The van der Waals surface area contributed by atoms with Crippen molar-refractivity contribution in [3.05, 3.63) is 81.9 Å². The van der Waals surface area contributed by atoms with Gasteiger partial charge in [-0.2, -0.15) is 5.26 Å². The second kappa shape index (κ2) is 14.5. The van der Waals surface area contributed by atoms with Crippen LogP contribution < -0.4 is 4.74 Å². The molecule has 4 heterocycles. The molecule has 1 aliphatic heterocycles. The number of benzene rings is 1. The molecule has 9 nitrogen and oxygen atoms in total. The Morgan fingerprint density at radius 3 is 2.73 bits per heavy atom. The molecule has 5 rings (SSSR count). The molecule has 0 spiro atoms. The third-order valence-electron chi connectivity index (χ3n) is 7.49. The normalized spacial score (nSPS) is 13.9. The van der Waals surface area contributed by atoms with Crippen molar-refractivity contribution in [2.45, 2.75) is 58.9 Å². The maximum Gasteiger partial charge on any atom is 0.348 e. The molecule has 1 aliphatic rings. The van der Waals surface area contributed by atoms with E-state index in [-0.39, 0.29) is 18.1 Å². The van der Waals surface area contributed by atoms with Crippen molar-refractivity contribution >= 4 is 41.3 Å². The number of esters is 1. The Bertz CT molecular complexity index is 1740. The highest BCUT2D eigenvalue weighted by atomic mass is 32.1. The van der Waals surface area contributed by atoms with E-state index in [1.54, 1.807) is 25.1 Å². The number of rotatable bonds is 13. The quantitative estimate of drug-likeness (QED) is 0.0881. The number of ether oxygens (including phenoxy) is 3. The van der Waals surface area contributed by atoms with Crippen LogP contribution in [0, 0.1) is 17.1 Å². The standard InChI is InChI=1S/C33H38FN5O4SSi/c1-5-42-33(40)29-18-28-32(44-29)37-30(39(28)22-41-15-16-45(2,3)4)20-38-13-11-24(12-14-38)27-7-6-8-31(36-27)43-21-25-10-9-23(19-35)17-26(25)34/h6-11,17-18H,5,12-16,20-22H2,1-4H3. The number of carbonyl (C=O) groups excluding carboxylic acids is 1. The van der Waals surface area contributed by atoms with Gasteiger partial charge in [-0.25, -0.2) is 19.2 Å². The largest absolute Gasteiger partial charge is 0.473 e. The average Bonchev–Trinajstić information content (AvgIpc) is 3.57. The summed E-state index contributed by atoms with van der Waals surface area (Å²) in [5.41, 5.74) is 3.48. The van der Waals surface area contributed by atoms with Crippen LogP contribution in [-0.2, 0) is 29.4 Å². The van der Waals surface area contributed by atoms with Crippen molar-refractivity contribution in [2.75, 3.05) is 26.3 Å². The summed E-state index contributed by atoms with van der Waals surface area (Å²) in [4.78, 5) is 25.6. The molecule has 3 aromatic heterocycles. The van der Waals surface area contributed by atoms with Gasteiger partial charge in [0.2, 0.25) is 5.88 Å². The van der Waals surface area contributed by atoms with Crippen LogP contribution >= 0.6 is 11.3 Å². The number of nitrogens with zero attached hydrogens (tertiary/aromatic N) is 5. The predicted octanol–water partition coefficient (Wildman–Crippen LogP) is 6.86. The monoisotopic (exact) mass is 647 g/mol. The van der Waals surface area contributed by atoms with Gasteiger partial charge in [0.1, 0.15) is 34.7 Å². The second-order valence-electron chi connectivity index (χ2n) is 12.1. The maximum absolute atomic E-state index is 14.3. The molecule has 236 valence electrons. The Kier molecular flexibility index (Phi) is 10.5. The van der Waals surface area contributed by atoms with Gasteiger partial charge < -0.3 is 18.8 Å². The number of aromatic nitrogens is 3. The Labute approximate surface area is 267 Å². The van der Waals surface area contributed by atoms with Gasteiger partial charge in [-0.05, 0) is 49.2 Å². The Hall–Kier alpha value is -3.89. The summed E-state index contributed by atoms with van der Waals surface area (Å²) in [5.74, 6) is 0.517. The molecule has 0 N–H and O–H groups in total. The topological polar surface area (TPSA) is 102 Å². The number of carbonyl (C=O) groups is 1. The second-order valence-corrected chi connectivity index (χ2v) is 18.8. The lowest BCUT2D eigenvalue weighted by Crippen LogP contribution is -2.29. The average molecular weight is 648 g/mol. The Balaban J connectivity index is 1.25. The number of halogens is 1. The van der Waals surface area contributed by atoms with Crippen LogP contribution in [0.3, 0.4) is 0 Å². The van der Waals surface area contributed by atoms with Gasteiger partial charge in [-0.15, -0.1) is 11.3 Å². The molecule has 0 bridgehead atoms. The zero-order valence-electron chi connectivity index (χ0n) is 26.1. The summed E-state index contributed by atoms with van der Waals surface area (Å²) in [6, 6.07) is 14.8. The number of thiophene rings is 1. The summed E-state index contributed by atoms with van der Waals surface area (Å²) in [5, 5.41) is 8.95. The molecular formula is C33H38FN5O4SSi. The molecule has 0 saturated heterocycles. The summed E-state index contributed by atoms with van der Waals surface area (Å²) in [6.07, 6.45) is 2.98. The number of pyridine rings is 1. The first-order valence-corrected chi connectivity index (χ1v) is 19.6. The van der Waals surface area contributed by atoms with Crippen molar-refractivity contribution in [1.82, 2.24) is 19.4 Å². The number of hydrogen-bond acceptors (Lipinski definition) is 9. The van der Waals surface area contributed by atoms with Crippen LogP contribution in [0.25, 0.3) is 15.9 Å². The molecule has 0 unspecified atom stereocenters. The van der Waals surface area contributed by atoms with Crippen LogP contribution in [0.4, 0.5) is 4.39 Å². The van der Waals surface area contributed by atoms with Gasteiger partial charge in [0, 0.05) is 39.4 Å². The zero-order valence-corrected chi connectivity index (χ0v) is 28.0. The maximum atomic E-state index is 14.3. The van der Waals surface area contributed by atoms with Gasteiger partial charge in [-0.1, -0.05) is 37.8 Å². The SMILES string of the molecule is CCOC(=O)c1cc2c(nc(CN3CC=C(c4cccc(OCc5ccc(C#N)cc5F)n4)CC3)n2COCC[Si](C)(C)C)s1. The highest BCUT2D eigenvalue weighted by Crippen LogP contribution is 2.29. The summed E-state index contributed by atoms with van der Waals surface area (Å²) in [7, 11) is -1.23. The molecule has 0 amide bonds. The van der Waals surface area contributed by atoms with Crippen molar-refractivity contribution in [2.24, 2.45) is 0 Å². The number of fused-ring (bicyclic) bond motifs is 1. The van der Waals surface area contributed by atoms with Gasteiger partial charge in [-0.3, -0.25) is 4.90 Å². The number of hydrogen-bond donors (Lipinski definition) is 0. The van der Waals surface area contributed by atoms with E-state index >= 15 is 0 Å². The van der Waals surface area contributed by atoms with Crippen LogP contribution in [0.5, 0.6) is 5.88 Å². The van der Waals surface area contributed by atoms with Crippen LogP contribution in [0.2, 0.25) is 25.7 Å². The first-order chi connectivity index (χ1) is 21.6. The summed E-state index contributed by atoms with van der Waals surface area (Å²) < 4.78 is 33.5. The minimum absolute atomic E-state index is 0.0219. The predicted molar refractivity (Wildman–Crippen MR) is 175 cm³/mol.